The molecule has 0 fully saturated rings. The van der Waals surface area contributed by atoms with Gasteiger partial charge in [0.05, 0.1) is 13.3 Å². The minimum Gasteiger partial charge on any atom is -0.493 e. The number of hydrogen-bond donors (Lipinski definition) is 1. The van der Waals surface area contributed by atoms with Crippen LogP contribution < -0.4 is 4.74 Å². The van der Waals surface area contributed by atoms with E-state index in [0.29, 0.717) is 17.9 Å². The summed E-state index contributed by atoms with van der Waals surface area (Å²) in [5, 5.41) is 15.6. The summed E-state index contributed by atoms with van der Waals surface area (Å²) in [6.45, 7) is 6.04. The lowest BCUT2D eigenvalue weighted by Crippen LogP contribution is -2.31. The predicted molar refractivity (Wildman–Crippen MR) is 78.9 cm³/mol. The maximum absolute atomic E-state index is 11.3. The van der Waals surface area contributed by atoms with Gasteiger partial charge in [0.15, 0.2) is 5.75 Å². The van der Waals surface area contributed by atoms with Gasteiger partial charge in [-0.2, -0.15) is 5.10 Å². The Morgan fingerprint density at radius 2 is 1.95 bits per heavy atom. The molecule has 108 valence electrons. The van der Waals surface area contributed by atoms with Crippen molar-refractivity contribution in [2.45, 2.75) is 38.8 Å². The van der Waals surface area contributed by atoms with Gasteiger partial charge in [0.1, 0.15) is 11.3 Å². The molecule has 4 heteroatoms. The van der Waals surface area contributed by atoms with E-state index in [-0.39, 0.29) is 6.04 Å². The van der Waals surface area contributed by atoms with Gasteiger partial charge in [0.25, 0.3) is 0 Å². The quantitative estimate of drug-likeness (QED) is 0.911. The fraction of sp³-hybridized carbons (Fsp3) is 0.438. The number of methoxy groups -OCH3 is 1. The Labute approximate surface area is 120 Å². The normalized spacial score (nSPS) is 14.3. The van der Waals surface area contributed by atoms with Crippen molar-refractivity contribution < 1.29 is 9.84 Å². The van der Waals surface area contributed by atoms with Crippen molar-refractivity contribution in [3.05, 3.63) is 47.8 Å². The number of aromatic nitrogens is 2. The fourth-order valence-electron chi connectivity index (χ4n) is 2.50. The van der Waals surface area contributed by atoms with Crippen LogP contribution >= 0.6 is 0 Å². The highest BCUT2D eigenvalue weighted by Gasteiger charge is 2.37. The summed E-state index contributed by atoms with van der Waals surface area (Å²) < 4.78 is 7.23. The Balaban J connectivity index is 2.65. The van der Waals surface area contributed by atoms with Crippen molar-refractivity contribution in [1.29, 1.82) is 0 Å². The smallest absolute Gasteiger partial charge is 0.163 e. The van der Waals surface area contributed by atoms with Crippen molar-refractivity contribution >= 4 is 0 Å². The first-order chi connectivity index (χ1) is 9.54. The van der Waals surface area contributed by atoms with Crippen LogP contribution in [0.25, 0.3) is 0 Å². The molecular formula is C16H22N2O2. The molecule has 2 rings (SSSR count). The zero-order valence-corrected chi connectivity index (χ0v) is 12.5. The average molecular weight is 274 g/mol. The first-order valence-corrected chi connectivity index (χ1v) is 6.94. The van der Waals surface area contributed by atoms with Gasteiger partial charge >= 0.3 is 0 Å². The van der Waals surface area contributed by atoms with Crippen LogP contribution in [0.1, 0.15) is 44.5 Å². The van der Waals surface area contributed by atoms with Gasteiger partial charge in [-0.1, -0.05) is 37.3 Å². The average Bonchev–Trinajstić information content (AvgIpc) is 2.92. The summed E-state index contributed by atoms with van der Waals surface area (Å²) in [6, 6.07) is 9.81. The number of ether oxygens (including phenoxy) is 1. The third-order valence-electron chi connectivity index (χ3n) is 3.63. The summed E-state index contributed by atoms with van der Waals surface area (Å²) in [7, 11) is 1.60. The third kappa shape index (κ3) is 2.31. The van der Waals surface area contributed by atoms with E-state index in [1.165, 1.54) is 0 Å². The number of benzene rings is 1. The second kappa shape index (κ2) is 5.67. The Bertz CT molecular complexity index is 563. The molecule has 1 unspecified atom stereocenters. The molecule has 0 aliphatic heterocycles. The van der Waals surface area contributed by atoms with Crippen LogP contribution in [-0.2, 0) is 5.60 Å². The topological polar surface area (TPSA) is 47.3 Å². The Morgan fingerprint density at radius 3 is 2.45 bits per heavy atom. The van der Waals surface area contributed by atoms with E-state index in [4.69, 9.17) is 4.74 Å². The van der Waals surface area contributed by atoms with Gasteiger partial charge in [0.2, 0.25) is 0 Å². The van der Waals surface area contributed by atoms with Crippen LogP contribution in [0.3, 0.4) is 0 Å². The summed E-state index contributed by atoms with van der Waals surface area (Å²) in [5.74, 6) is 0.618. The second-order valence-electron chi connectivity index (χ2n) is 5.18. The van der Waals surface area contributed by atoms with Crippen molar-refractivity contribution in [3.8, 4) is 5.75 Å². The third-order valence-corrected chi connectivity index (χ3v) is 3.63. The molecule has 0 spiro atoms. The predicted octanol–water partition coefficient (Wildman–Crippen LogP) is 3.12. The number of hydrogen-bond acceptors (Lipinski definition) is 3. The summed E-state index contributed by atoms with van der Waals surface area (Å²) in [4.78, 5) is 0. The van der Waals surface area contributed by atoms with Crippen LogP contribution in [0.4, 0.5) is 0 Å². The van der Waals surface area contributed by atoms with E-state index < -0.39 is 5.60 Å². The molecular weight excluding hydrogens is 252 g/mol. The second-order valence-corrected chi connectivity index (χ2v) is 5.18. The molecule has 0 aliphatic rings. The molecule has 1 aromatic carbocycles. The minimum absolute atomic E-state index is 0.149. The molecule has 4 nitrogen and oxygen atoms in total. The van der Waals surface area contributed by atoms with Gasteiger partial charge in [-0.15, -0.1) is 0 Å². The molecule has 0 aliphatic carbocycles. The van der Waals surface area contributed by atoms with Gasteiger partial charge in [0, 0.05) is 6.04 Å². The first kappa shape index (κ1) is 14.6. The van der Waals surface area contributed by atoms with E-state index >= 15 is 0 Å². The van der Waals surface area contributed by atoms with Crippen molar-refractivity contribution in [3.63, 3.8) is 0 Å². The van der Waals surface area contributed by atoms with Crippen LogP contribution in [0.2, 0.25) is 0 Å². The maximum atomic E-state index is 11.3. The molecule has 2 aromatic rings. The number of nitrogens with zero attached hydrogens (tertiary/aromatic N) is 2. The van der Waals surface area contributed by atoms with E-state index in [0.717, 1.165) is 5.56 Å². The Morgan fingerprint density at radius 1 is 1.30 bits per heavy atom. The van der Waals surface area contributed by atoms with E-state index in [1.54, 1.807) is 13.3 Å². The van der Waals surface area contributed by atoms with E-state index in [1.807, 2.05) is 55.8 Å². The number of rotatable bonds is 5. The number of aliphatic hydroxyl groups is 1. The largest absolute Gasteiger partial charge is 0.493 e. The van der Waals surface area contributed by atoms with Gasteiger partial charge in [-0.25, -0.2) is 0 Å². The summed E-state index contributed by atoms with van der Waals surface area (Å²) in [6.07, 6.45) is 2.21. The van der Waals surface area contributed by atoms with Crippen LogP contribution in [-0.4, -0.2) is 22.0 Å². The first-order valence-electron chi connectivity index (χ1n) is 6.94. The lowest BCUT2D eigenvalue weighted by molar-refractivity contribution is 0.0623. The zero-order chi connectivity index (χ0) is 14.8. The molecule has 1 N–H and O–H groups in total. The molecule has 1 atom stereocenters. The standard InChI is InChI=1S/C16H22N2O2/c1-5-16(19,13-9-7-6-8-10-13)15-14(20-4)11-17-18(15)12(2)3/h6-12,19H,5H2,1-4H3. The molecule has 1 aromatic heterocycles. The van der Waals surface area contributed by atoms with Gasteiger partial charge in [-0.05, 0) is 25.8 Å². The Hall–Kier alpha value is -1.81. The maximum Gasteiger partial charge on any atom is 0.163 e. The fourth-order valence-corrected chi connectivity index (χ4v) is 2.50. The highest BCUT2D eigenvalue weighted by atomic mass is 16.5. The zero-order valence-electron chi connectivity index (χ0n) is 12.5. The highest BCUT2D eigenvalue weighted by Crippen LogP contribution is 2.39. The monoisotopic (exact) mass is 274 g/mol. The molecule has 1 heterocycles. The SMILES string of the molecule is CCC(O)(c1ccccc1)c1c(OC)cnn1C(C)C. The molecule has 0 radical (unpaired) electrons. The van der Waals surface area contributed by atoms with Crippen molar-refractivity contribution in [1.82, 2.24) is 9.78 Å². The minimum atomic E-state index is -1.10. The highest BCUT2D eigenvalue weighted by molar-refractivity contribution is 5.40. The molecule has 0 saturated carbocycles. The molecule has 0 amide bonds. The van der Waals surface area contributed by atoms with Crippen LogP contribution in [0, 0.1) is 0 Å². The van der Waals surface area contributed by atoms with Gasteiger partial charge in [-0.3, -0.25) is 4.68 Å². The lowest BCUT2D eigenvalue weighted by atomic mass is 9.87. The summed E-state index contributed by atoms with van der Waals surface area (Å²) in [5.41, 5.74) is 0.458. The summed E-state index contributed by atoms with van der Waals surface area (Å²) >= 11 is 0. The van der Waals surface area contributed by atoms with Crippen molar-refractivity contribution in [2.24, 2.45) is 0 Å². The molecule has 0 saturated heterocycles. The van der Waals surface area contributed by atoms with Crippen molar-refractivity contribution in [2.75, 3.05) is 7.11 Å². The van der Waals surface area contributed by atoms with Crippen LogP contribution in [0.15, 0.2) is 36.5 Å². The van der Waals surface area contributed by atoms with E-state index in [9.17, 15) is 5.11 Å². The molecule has 0 bridgehead atoms. The molecule has 20 heavy (non-hydrogen) atoms. The Kier molecular flexibility index (Phi) is 4.14. The van der Waals surface area contributed by atoms with E-state index in [2.05, 4.69) is 5.10 Å². The lowest BCUT2D eigenvalue weighted by Gasteiger charge is -2.30. The van der Waals surface area contributed by atoms with Gasteiger partial charge < -0.3 is 9.84 Å². The van der Waals surface area contributed by atoms with Crippen LogP contribution in [0.5, 0.6) is 5.75 Å².